The molecular formula is C23H36IN5O. The maximum atomic E-state index is 5.66. The highest BCUT2D eigenvalue weighted by molar-refractivity contribution is 14.0. The third kappa shape index (κ3) is 5.11. The molecule has 2 aliphatic heterocycles. The zero-order chi connectivity index (χ0) is 20.1. The lowest BCUT2D eigenvalue weighted by Crippen LogP contribution is -2.58. The number of para-hydroxylation sites is 1. The highest BCUT2D eigenvalue weighted by Gasteiger charge is 2.39. The van der Waals surface area contributed by atoms with Crippen molar-refractivity contribution >= 4 is 40.8 Å². The molecule has 166 valence electrons. The van der Waals surface area contributed by atoms with Crippen molar-refractivity contribution in [1.82, 2.24) is 20.5 Å². The summed E-state index contributed by atoms with van der Waals surface area (Å²) in [6.07, 6.45) is 7.95. The van der Waals surface area contributed by atoms with Crippen molar-refractivity contribution in [2.24, 2.45) is 4.99 Å². The van der Waals surface area contributed by atoms with Gasteiger partial charge in [0.05, 0.1) is 0 Å². The van der Waals surface area contributed by atoms with E-state index in [0.717, 1.165) is 51.5 Å². The number of fused-ring (bicyclic) bond motifs is 1. The molecule has 2 aliphatic rings. The Morgan fingerprint density at radius 2 is 1.97 bits per heavy atom. The Labute approximate surface area is 197 Å². The molecule has 3 heterocycles. The van der Waals surface area contributed by atoms with Crippen molar-refractivity contribution < 1.29 is 4.74 Å². The van der Waals surface area contributed by atoms with Gasteiger partial charge in [-0.1, -0.05) is 18.2 Å². The summed E-state index contributed by atoms with van der Waals surface area (Å²) in [6.45, 7) is 8.11. The summed E-state index contributed by atoms with van der Waals surface area (Å²) in [5, 5.41) is 8.45. The number of guanidine groups is 1. The van der Waals surface area contributed by atoms with Gasteiger partial charge in [-0.15, -0.1) is 24.0 Å². The van der Waals surface area contributed by atoms with Crippen LogP contribution >= 0.6 is 24.0 Å². The standard InChI is InChI=1S/C23H35N5O.HI/c1-18-6-5-7-20-19(16-26-21(18)20)8-11-25-22(24-2)27-17-23(9-14-29-15-10-23)28-12-3-4-13-28;/h5-7,16,26H,3-4,8-15,17H2,1-2H3,(H2,24,25,27);1H. The van der Waals surface area contributed by atoms with Crippen LogP contribution in [0.5, 0.6) is 0 Å². The summed E-state index contributed by atoms with van der Waals surface area (Å²) < 4.78 is 5.66. The molecule has 0 atom stereocenters. The molecule has 0 spiro atoms. The average molecular weight is 525 g/mol. The van der Waals surface area contributed by atoms with Gasteiger partial charge in [0.15, 0.2) is 5.96 Å². The van der Waals surface area contributed by atoms with Gasteiger partial charge in [0.2, 0.25) is 0 Å². The largest absolute Gasteiger partial charge is 0.381 e. The van der Waals surface area contributed by atoms with Gasteiger partial charge >= 0.3 is 0 Å². The normalized spacial score (nSPS) is 19.6. The van der Waals surface area contributed by atoms with Crippen LogP contribution in [0.25, 0.3) is 10.9 Å². The number of ether oxygens (including phenoxy) is 1. The van der Waals surface area contributed by atoms with Gasteiger partial charge in [-0.05, 0) is 63.2 Å². The topological polar surface area (TPSA) is 64.7 Å². The summed E-state index contributed by atoms with van der Waals surface area (Å²) in [6, 6.07) is 6.49. The predicted molar refractivity (Wildman–Crippen MR) is 135 cm³/mol. The third-order valence-corrected chi connectivity index (χ3v) is 6.71. The summed E-state index contributed by atoms with van der Waals surface area (Å²) >= 11 is 0. The molecule has 0 aliphatic carbocycles. The second kappa shape index (κ2) is 10.8. The number of benzene rings is 1. The van der Waals surface area contributed by atoms with E-state index in [1.165, 1.54) is 48.0 Å². The lowest BCUT2D eigenvalue weighted by atomic mass is 9.88. The van der Waals surface area contributed by atoms with Crippen LogP contribution in [-0.4, -0.2) is 67.8 Å². The van der Waals surface area contributed by atoms with Crippen molar-refractivity contribution in [3.8, 4) is 0 Å². The van der Waals surface area contributed by atoms with Gasteiger partial charge in [-0.2, -0.15) is 0 Å². The summed E-state index contributed by atoms with van der Waals surface area (Å²) in [4.78, 5) is 10.6. The number of aliphatic imine (C=N–C) groups is 1. The molecule has 4 rings (SSSR count). The first kappa shape index (κ1) is 23.3. The molecule has 2 fully saturated rings. The number of aryl methyl sites for hydroxylation is 1. The van der Waals surface area contributed by atoms with E-state index in [-0.39, 0.29) is 29.5 Å². The summed E-state index contributed by atoms with van der Waals surface area (Å²) in [5.41, 5.74) is 4.10. The van der Waals surface area contributed by atoms with Gasteiger partial charge in [0.1, 0.15) is 0 Å². The average Bonchev–Trinajstić information content (AvgIpc) is 3.43. The molecule has 0 unspecified atom stereocenters. The van der Waals surface area contributed by atoms with Gasteiger partial charge in [-0.25, -0.2) is 0 Å². The van der Waals surface area contributed by atoms with Gasteiger partial charge in [-0.3, -0.25) is 9.89 Å². The van der Waals surface area contributed by atoms with Crippen LogP contribution in [0.2, 0.25) is 0 Å². The van der Waals surface area contributed by atoms with Crippen LogP contribution in [-0.2, 0) is 11.2 Å². The first-order chi connectivity index (χ1) is 14.2. The maximum Gasteiger partial charge on any atom is 0.191 e. The Balaban J connectivity index is 0.00000256. The molecule has 2 saturated heterocycles. The molecule has 6 nitrogen and oxygen atoms in total. The minimum Gasteiger partial charge on any atom is -0.381 e. The Hall–Kier alpha value is -1.32. The Bertz CT molecular complexity index is 837. The van der Waals surface area contributed by atoms with E-state index in [9.17, 15) is 0 Å². The van der Waals surface area contributed by atoms with Crippen LogP contribution in [0.15, 0.2) is 29.4 Å². The lowest BCUT2D eigenvalue weighted by molar-refractivity contribution is -0.0164. The Kier molecular flexibility index (Phi) is 8.42. The first-order valence-corrected chi connectivity index (χ1v) is 11.0. The number of rotatable bonds is 6. The molecule has 0 radical (unpaired) electrons. The number of halogens is 1. The predicted octanol–water partition coefficient (Wildman–Crippen LogP) is 3.45. The van der Waals surface area contributed by atoms with Crippen molar-refractivity contribution in [2.45, 2.75) is 44.6 Å². The second-order valence-corrected chi connectivity index (χ2v) is 8.44. The number of likely N-dealkylation sites (tertiary alicyclic amines) is 1. The number of aromatic amines is 1. The molecule has 7 heteroatoms. The minimum atomic E-state index is 0. The molecule has 2 aromatic rings. The molecule has 1 aromatic heterocycles. The van der Waals surface area contributed by atoms with Crippen LogP contribution in [0.3, 0.4) is 0 Å². The van der Waals surface area contributed by atoms with Gasteiger partial charge in [0, 0.05) is 56.0 Å². The molecule has 0 amide bonds. The molecule has 0 bridgehead atoms. The van der Waals surface area contributed by atoms with Gasteiger partial charge in [0.25, 0.3) is 0 Å². The van der Waals surface area contributed by atoms with E-state index in [0.29, 0.717) is 0 Å². The molecule has 0 saturated carbocycles. The quantitative estimate of drug-likeness (QED) is 0.307. The zero-order valence-corrected chi connectivity index (χ0v) is 20.6. The van der Waals surface area contributed by atoms with Crippen molar-refractivity contribution in [3.05, 3.63) is 35.5 Å². The van der Waals surface area contributed by atoms with Crippen LogP contribution in [0, 0.1) is 6.92 Å². The minimum absolute atomic E-state index is 0. The number of hydrogen-bond donors (Lipinski definition) is 3. The highest BCUT2D eigenvalue weighted by atomic mass is 127. The van der Waals surface area contributed by atoms with Crippen molar-refractivity contribution in [2.75, 3.05) is 46.4 Å². The molecular weight excluding hydrogens is 489 g/mol. The molecule has 3 N–H and O–H groups in total. The summed E-state index contributed by atoms with van der Waals surface area (Å²) in [5.74, 6) is 0.895. The Morgan fingerprint density at radius 3 is 2.70 bits per heavy atom. The van der Waals surface area contributed by atoms with E-state index in [2.05, 4.69) is 56.8 Å². The maximum absolute atomic E-state index is 5.66. The van der Waals surface area contributed by atoms with E-state index >= 15 is 0 Å². The number of H-pyrrole nitrogens is 1. The number of nitrogens with one attached hydrogen (secondary N) is 3. The number of nitrogens with zero attached hydrogens (tertiary/aromatic N) is 2. The van der Waals surface area contributed by atoms with E-state index in [1.54, 1.807) is 0 Å². The Morgan fingerprint density at radius 1 is 1.20 bits per heavy atom. The number of aromatic nitrogens is 1. The van der Waals surface area contributed by atoms with Crippen molar-refractivity contribution in [3.63, 3.8) is 0 Å². The van der Waals surface area contributed by atoms with E-state index in [1.807, 2.05) is 7.05 Å². The lowest BCUT2D eigenvalue weighted by Gasteiger charge is -2.45. The molecule has 1 aromatic carbocycles. The fraction of sp³-hybridized carbons (Fsp3) is 0.609. The molecule has 30 heavy (non-hydrogen) atoms. The van der Waals surface area contributed by atoms with Crippen LogP contribution in [0.4, 0.5) is 0 Å². The third-order valence-electron chi connectivity index (χ3n) is 6.71. The van der Waals surface area contributed by atoms with Crippen LogP contribution in [0.1, 0.15) is 36.8 Å². The van der Waals surface area contributed by atoms with E-state index < -0.39 is 0 Å². The zero-order valence-electron chi connectivity index (χ0n) is 18.3. The smallest absolute Gasteiger partial charge is 0.191 e. The first-order valence-electron chi connectivity index (χ1n) is 11.0. The highest BCUT2D eigenvalue weighted by Crippen LogP contribution is 2.30. The second-order valence-electron chi connectivity index (χ2n) is 8.44. The fourth-order valence-corrected chi connectivity index (χ4v) is 4.90. The van der Waals surface area contributed by atoms with Crippen molar-refractivity contribution in [1.29, 1.82) is 0 Å². The van der Waals surface area contributed by atoms with Gasteiger partial charge < -0.3 is 20.4 Å². The summed E-state index contributed by atoms with van der Waals surface area (Å²) in [7, 11) is 1.86. The fourth-order valence-electron chi connectivity index (χ4n) is 4.90. The number of hydrogen-bond acceptors (Lipinski definition) is 3. The van der Waals surface area contributed by atoms with Crippen LogP contribution < -0.4 is 10.6 Å². The SMILES string of the molecule is CN=C(NCCc1c[nH]c2c(C)cccc12)NCC1(N2CCCC2)CCOCC1.I. The monoisotopic (exact) mass is 525 g/mol. The van der Waals surface area contributed by atoms with E-state index in [4.69, 9.17) is 4.74 Å².